The molecule has 7 unspecified atom stereocenters. The molecule has 0 aromatic rings. The second kappa shape index (κ2) is 21.3. The van der Waals surface area contributed by atoms with Crippen molar-refractivity contribution in [3.8, 4) is 0 Å². The first-order chi connectivity index (χ1) is 22.5. The molecule has 0 radical (unpaired) electrons. The van der Waals surface area contributed by atoms with E-state index in [-0.39, 0.29) is 94.6 Å². The van der Waals surface area contributed by atoms with Gasteiger partial charge in [0.15, 0.2) is 23.1 Å². The van der Waals surface area contributed by atoms with Gasteiger partial charge in [-0.2, -0.15) is 0 Å². The molecule has 17 nitrogen and oxygen atoms in total. The molecule has 0 bridgehead atoms. The number of rotatable bonds is 16. The molecule has 4 rings (SSSR count). The number of nitrogens with one attached hydrogen (secondary N) is 2. The monoisotopic (exact) mass is 758 g/mol. The van der Waals surface area contributed by atoms with Gasteiger partial charge in [0, 0.05) is 13.1 Å². The minimum atomic E-state index is -0.841. The smallest absolute Gasteiger partial charge is 0.407 e. The maximum Gasteiger partial charge on any atom is 0.407 e. The summed E-state index contributed by atoms with van der Waals surface area (Å²) < 4.78 is 68.5. The van der Waals surface area contributed by atoms with Crippen LogP contribution in [0.2, 0.25) is 0 Å². The third-order valence-electron chi connectivity index (χ3n) is 7.77. The van der Waals surface area contributed by atoms with Gasteiger partial charge in [0.2, 0.25) is 0 Å². The molecule has 7 atom stereocenters. The van der Waals surface area contributed by atoms with Gasteiger partial charge in [0.05, 0.1) is 39.6 Å². The van der Waals surface area contributed by atoms with Crippen molar-refractivity contribution in [3.63, 3.8) is 0 Å². The van der Waals surface area contributed by atoms with E-state index in [2.05, 4.69) is 10.6 Å². The van der Waals surface area contributed by atoms with E-state index in [0.29, 0.717) is 13.2 Å². The molecule has 310 valence electrons. The summed E-state index contributed by atoms with van der Waals surface area (Å²) in [6.45, 7) is 15.3. The summed E-state index contributed by atoms with van der Waals surface area (Å²) in [6.07, 6.45) is -4.42. The van der Waals surface area contributed by atoms with Crippen LogP contribution in [-0.2, 0) is 56.8 Å². The highest BCUT2D eigenvalue weighted by molar-refractivity contribution is 5.67. The minimum absolute atomic E-state index is 0. The Bertz CT molecular complexity index is 1060. The van der Waals surface area contributed by atoms with Gasteiger partial charge in [-0.05, 0) is 55.4 Å². The number of alkyl carbamates (subject to hydrolysis) is 2. The zero-order valence-corrected chi connectivity index (χ0v) is 29.3. The van der Waals surface area contributed by atoms with Gasteiger partial charge in [-0.15, -0.1) is 0 Å². The van der Waals surface area contributed by atoms with Crippen molar-refractivity contribution in [3.05, 3.63) is 0 Å². The van der Waals surface area contributed by atoms with E-state index in [4.69, 9.17) is 56.8 Å². The summed E-state index contributed by atoms with van der Waals surface area (Å²) in [7, 11) is 0. The summed E-state index contributed by atoms with van der Waals surface area (Å²) in [5, 5.41) is 15.0. The number of carbonyl (C=O) groups excluding carboxylic acids is 2. The van der Waals surface area contributed by atoms with Crippen molar-refractivity contribution in [1.29, 1.82) is 0 Å². The number of carbonyl (C=O) groups is 2. The second-order valence-electron chi connectivity index (χ2n) is 13.8. The maximum absolute atomic E-state index is 12.3. The molecule has 4 heterocycles. The second-order valence-corrected chi connectivity index (χ2v) is 13.8. The van der Waals surface area contributed by atoms with Crippen LogP contribution in [0.3, 0.4) is 0 Å². The van der Waals surface area contributed by atoms with Crippen LogP contribution in [0.4, 0.5) is 9.59 Å². The summed E-state index contributed by atoms with van der Waals surface area (Å²) in [4.78, 5) is 24.5. The van der Waals surface area contributed by atoms with Crippen LogP contribution in [0.5, 0.6) is 0 Å². The Morgan fingerprint density at radius 1 is 0.635 bits per heavy atom. The molecule has 0 aromatic carbocycles. The lowest BCUT2D eigenvalue weighted by Crippen LogP contribution is -2.44. The largest absolute Gasteiger partial charge is 0.447 e. The highest BCUT2D eigenvalue weighted by Crippen LogP contribution is 2.36. The quantitative estimate of drug-likeness (QED) is 0.193. The SMILES string of the molecule is C.C.C.C.CC1(C)OCC(C2OC(C)(C)OC2CNC(=O)OCCOCC(CO)OCCOC(=O)NCC2OC(C)(C)OC2C2COC(C)(C)O2)O1. The van der Waals surface area contributed by atoms with Crippen molar-refractivity contribution in [2.75, 3.05) is 65.9 Å². The Labute approximate surface area is 311 Å². The molecule has 4 saturated heterocycles. The third kappa shape index (κ3) is 15.5. The first-order valence-electron chi connectivity index (χ1n) is 16.4. The van der Waals surface area contributed by atoms with Crippen LogP contribution in [-0.4, -0.2) is 149 Å². The summed E-state index contributed by atoms with van der Waals surface area (Å²) >= 11 is 0. The van der Waals surface area contributed by atoms with Gasteiger partial charge in [-0.3, -0.25) is 0 Å². The average molecular weight is 759 g/mol. The van der Waals surface area contributed by atoms with Gasteiger partial charge in [0.1, 0.15) is 55.9 Å². The fourth-order valence-corrected chi connectivity index (χ4v) is 5.81. The third-order valence-corrected chi connectivity index (χ3v) is 7.77. The topological polar surface area (TPSA) is 189 Å². The van der Waals surface area contributed by atoms with E-state index in [1.807, 2.05) is 27.7 Å². The molecule has 2 amide bonds. The van der Waals surface area contributed by atoms with Crippen LogP contribution in [0.15, 0.2) is 0 Å². The Morgan fingerprint density at radius 3 is 1.44 bits per heavy atom. The predicted octanol–water partition coefficient (Wildman–Crippen LogP) is 3.72. The Kier molecular flexibility index (Phi) is 20.5. The van der Waals surface area contributed by atoms with E-state index < -0.39 is 65.9 Å². The number of hydrogen-bond acceptors (Lipinski definition) is 15. The number of ether oxygens (including phenoxy) is 12. The molecule has 0 aromatic heterocycles. The zero-order chi connectivity index (χ0) is 35.2. The highest BCUT2D eigenvalue weighted by atomic mass is 16.8. The van der Waals surface area contributed by atoms with Crippen LogP contribution in [0, 0.1) is 0 Å². The van der Waals surface area contributed by atoms with Gasteiger partial charge in [0.25, 0.3) is 0 Å². The molecule has 0 saturated carbocycles. The van der Waals surface area contributed by atoms with Crippen LogP contribution in [0.25, 0.3) is 0 Å². The lowest BCUT2D eigenvalue weighted by Gasteiger charge is -2.24. The number of hydrogen-bond donors (Lipinski definition) is 3. The Balaban J connectivity index is 0.00000650. The summed E-state index contributed by atoms with van der Waals surface area (Å²) in [5.74, 6) is -3.11. The first kappa shape index (κ1) is 50.1. The van der Waals surface area contributed by atoms with E-state index in [1.165, 1.54) is 0 Å². The van der Waals surface area contributed by atoms with Crippen molar-refractivity contribution >= 4 is 12.2 Å². The normalized spacial score (nSPS) is 29.7. The van der Waals surface area contributed by atoms with Crippen LogP contribution >= 0.6 is 0 Å². The molecule has 3 N–H and O–H groups in total. The lowest BCUT2D eigenvalue weighted by atomic mass is 10.1. The molecular weight excluding hydrogens is 688 g/mol. The summed E-state index contributed by atoms with van der Waals surface area (Å²) in [6, 6.07) is 0. The predicted molar refractivity (Wildman–Crippen MR) is 191 cm³/mol. The number of aliphatic hydroxyl groups is 1. The first-order valence-corrected chi connectivity index (χ1v) is 16.4. The summed E-state index contributed by atoms with van der Waals surface area (Å²) in [5.41, 5.74) is 0. The van der Waals surface area contributed by atoms with E-state index in [1.54, 1.807) is 27.7 Å². The maximum atomic E-state index is 12.3. The Hall–Kier alpha value is -1.90. The van der Waals surface area contributed by atoms with Crippen molar-refractivity contribution in [2.24, 2.45) is 0 Å². The molecule has 17 heteroatoms. The Morgan fingerprint density at radius 2 is 1.06 bits per heavy atom. The van der Waals surface area contributed by atoms with Gasteiger partial charge in [-0.25, -0.2) is 9.59 Å². The van der Waals surface area contributed by atoms with Crippen LogP contribution in [0.1, 0.15) is 85.1 Å². The highest BCUT2D eigenvalue weighted by Gasteiger charge is 2.51. The molecule has 4 fully saturated rings. The van der Waals surface area contributed by atoms with Gasteiger partial charge in [-0.1, -0.05) is 29.7 Å². The fourth-order valence-electron chi connectivity index (χ4n) is 5.81. The molecule has 52 heavy (non-hydrogen) atoms. The van der Waals surface area contributed by atoms with E-state index >= 15 is 0 Å². The molecule has 0 aliphatic carbocycles. The number of aliphatic hydroxyl groups excluding tert-OH is 1. The molecule has 4 aliphatic rings. The minimum Gasteiger partial charge on any atom is -0.447 e. The van der Waals surface area contributed by atoms with Crippen molar-refractivity contribution < 1.29 is 71.5 Å². The number of amides is 2. The van der Waals surface area contributed by atoms with E-state index in [0.717, 1.165) is 0 Å². The molecule has 0 spiro atoms. The lowest BCUT2D eigenvalue weighted by molar-refractivity contribution is -0.174. The van der Waals surface area contributed by atoms with Crippen LogP contribution < -0.4 is 10.6 Å². The van der Waals surface area contributed by atoms with E-state index in [9.17, 15) is 14.7 Å². The van der Waals surface area contributed by atoms with Gasteiger partial charge < -0.3 is 72.6 Å². The zero-order valence-electron chi connectivity index (χ0n) is 29.3. The fraction of sp³-hybridized carbons (Fsp3) is 0.943. The average Bonchev–Trinajstić information content (AvgIpc) is 3.72. The standard InChI is InChI=1S/C31H54N2O15.4CH4/c1-28(2)41-17-22(45-28)24-20(43-30(5,6)47-24)13-32-26(35)39-10-9-37-16-19(15-34)38-11-12-40-27(36)33-14-21-25(48-31(7,8)44-21)23-18-42-29(3,4)46-23;;;;/h19-25,34H,9-18H2,1-8H3,(H,32,35)(H,33,36);4*1H4. The van der Waals surface area contributed by atoms with Gasteiger partial charge >= 0.3 is 12.2 Å². The van der Waals surface area contributed by atoms with Crippen molar-refractivity contribution in [1.82, 2.24) is 10.6 Å². The van der Waals surface area contributed by atoms with Crippen molar-refractivity contribution in [2.45, 2.75) is 151 Å². The molecular formula is C35H70N2O15. The molecule has 4 aliphatic heterocycles.